The normalized spacial score (nSPS) is 11.6. The van der Waals surface area contributed by atoms with Crippen molar-refractivity contribution in [2.75, 3.05) is 5.32 Å². The quantitative estimate of drug-likeness (QED) is 0.602. The van der Waals surface area contributed by atoms with Crippen molar-refractivity contribution in [1.29, 1.82) is 0 Å². The van der Waals surface area contributed by atoms with E-state index in [9.17, 15) is 4.79 Å². The average Bonchev–Trinajstić information content (AvgIpc) is 3.12. The number of pyridine rings is 1. The maximum Gasteiger partial charge on any atom is 0.258 e. The highest BCUT2D eigenvalue weighted by atomic mass is 16.1. The van der Waals surface area contributed by atoms with E-state index in [4.69, 9.17) is 0 Å². The molecule has 3 aromatic heterocycles. The number of nitrogens with one attached hydrogen (secondary N) is 1. The average molecular weight is 362 g/mol. The highest BCUT2D eigenvalue weighted by Gasteiger charge is 2.21. The van der Waals surface area contributed by atoms with Crippen molar-refractivity contribution in [3.63, 3.8) is 0 Å². The van der Waals surface area contributed by atoms with Gasteiger partial charge in [-0.15, -0.1) is 0 Å². The summed E-state index contributed by atoms with van der Waals surface area (Å²) in [5.74, 6) is 0.299. The summed E-state index contributed by atoms with van der Waals surface area (Å²) in [6, 6.07) is 9.75. The first-order chi connectivity index (χ1) is 12.9. The van der Waals surface area contributed by atoms with Crippen LogP contribution in [0.1, 0.15) is 41.6 Å². The number of carbonyl (C=O) groups is 1. The van der Waals surface area contributed by atoms with Gasteiger partial charge in [-0.1, -0.05) is 12.1 Å². The minimum Gasteiger partial charge on any atom is -0.313 e. The van der Waals surface area contributed by atoms with Gasteiger partial charge in [0.2, 0.25) is 5.95 Å². The van der Waals surface area contributed by atoms with Crippen molar-refractivity contribution < 1.29 is 4.79 Å². The Bertz CT molecular complexity index is 1180. The molecule has 4 aromatic rings. The molecule has 0 unspecified atom stereocenters. The molecule has 27 heavy (non-hydrogen) atoms. The molecule has 138 valence electrons. The van der Waals surface area contributed by atoms with E-state index in [0.29, 0.717) is 11.5 Å². The van der Waals surface area contributed by atoms with Crippen molar-refractivity contribution in [2.24, 2.45) is 7.05 Å². The van der Waals surface area contributed by atoms with E-state index in [-0.39, 0.29) is 11.9 Å². The van der Waals surface area contributed by atoms with Gasteiger partial charge in [0, 0.05) is 18.8 Å². The molecule has 0 atom stereocenters. The van der Waals surface area contributed by atoms with Crippen LogP contribution in [-0.2, 0) is 7.05 Å². The summed E-state index contributed by atoms with van der Waals surface area (Å²) in [7, 11) is 1.89. The molecular formula is C20H22N6O. The summed E-state index contributed by atoms with van der Waals surface area (Å²) in [6.07, 6.45) is 0. The van der Waals surface area contributed by atoms with Gasteiger partial charge in [-0.3, -0.25) is 10.1 Å². The van der Waals surface area contributed by atoms with Gasteiger partial charge in [0.25, 0.3) is 5.91 Å². The number of hydrogen-bond acceptors (Lipinski definition) is 4. The summed E-state index contributed by atoms with van der Waals surface area (Å²) in [5, 5.41) is 8.32. The summed E-state index contributed by atoms with van der Waals surface area (Å²) in [6.45, 7) is 7.90. The third kappa shape index (κ3) is 2.75. The Kier molecular flexibility index (Phi) is 3.95. The highest BCUT2D eigenvalue weighted by Crippen LogP contribution is 2.26. The van der Waals surface area contributed by atoms with Crippen molar-refractivity contribution in [3.05, 3.63) is 47.3 Å². The standard InChI is InChI=1S/C20H22N6O/c1-11(2)26-18-17(13(4)24-26)14(10-12(3)21-18)19(27)23-20-22-15-8-6-7-9-16(15)25(20)5/h6-11H,1-5H3,(H,22,23,27). The number of fused-ring (bicyclic) bond motifs is 2. The number of anilines is 1. The fourth-order valence-electron chi connectivity index (χ4n) is 3.40. The minimum atomic E-state index is -0.213. The van der Waals surface area contributed by atoms with E-state index < -0.39 is 0 Å². The lowest BCUT2D eigenvalue weighted by molar-refractivity contribution is 0.102. The van der Waals surface area contributed by atoms with Crippen LogP contribution in [0.2, 0.25) is 0 Å². The molecule has 0 bridgehead atoms. The van der Waals surface area contributed by atoms with Crippen LogP contribution in [0.15, 0.2) is 30.3 Å². The van der Waals surface area contributed by atoms with Crippen LogP contribution >= 0.6 is 0 Å². The van der Waals surface area contributed by atoms with E-state index in [1.807, 2.05) is 54.4 Å². The van der Waals surface area contributed by atoms with Gasteiger partial charge in [0.15, 0.2) is 5.65 Å². The fraction of sp³-hybridized carbons (Fsp3) is 0.300. The van der Waals surface area contributed by atoms with E-state index >= 15 is 0 Å². The molecule has 0 radical (unpaired) electrons. The van der Waals surface area contributed by atoms with Crippen LogP contribution < -0.4 is 5.32 Å². The number of rotatable bonds is 3. The number of aryl methyl sites for hydroxylation is 3. The zero-order valence-electron chi connectivity index (χ0n) is 16.1. The molecule has 0 aliphatic rings. The first-order valence-corrected chi connectivity index (χ1v) is 8.96. The number of benzene rings is 1. The second kappa shape index (κ2) is 6.19. The molecule has 0 fully saturated rings. The maximum absolute atomic E-state index is 13.1. The zero-order valence-corrected chi connectivity index (χ0v) is 16.1. The highest BCUT2D eigenvalue weighted by molar-refractivity contribution is 6.12. The maximum atomic E-state index is 13.1. The van der Waals surface area contributed by atoms with Crippen LogP contribution in [0.4, 0.5) is 5.95 Å². The number of aromatic nitrogens is 5. The van der Waals surface area contributed by atoms with Gasteiger partial charge in [-0.05, 0) is 45.9 Å². The molecule has 1 aromatic carbocycles. The Hall–Kier alpha value is -3.22. The number of hydrogen-bond donors (Lipinski definition) is 1. The Balaban J connectivity index is 1.81. The summed E-state index contributed by atoms with van der Waals surface area (Å²) in [5.41, 5.74) is 4.68. The van der Waals surface area contributed by atoms with Crippen LogP contribution in [0.5, 0.6) is 0 Å². The molecule has 7 heteroatoms. The molecule has 0 aliphatic carbocycles. The Morgan fingerprint density at radius 3 is 2.59 bits per heavy atom. The van der Waals surface area contributed by atoms with Gasteiger partial charge in [-0.2, -0.15) is 5.10 Å². The molecule has 4 rings (SSSR count). The van der Waals surface area contributed by atoms with Crippen LogP contribution in [0, 0.1) is 13.8 Å². The third-order valence-corrected chi connectivity index (χ3v) is 4.71. The van der Waals surface area contributed by atoms with E-state index in [2.05, 4.69) is 34.2 Å². The number of nitrogens with zero attached hydrogens (tertiary/aromatic N) is 5. The first-order valence-electron chi connectivity index (χ1n) is 8.96. The topological polar surface area (TPSA) is 77.6 Å². The molecule has 7 nitrogen and oxygen atoms in total. The molecule has 0 spiro atoms. The molecule has 3 heterocycles. The van der Waals surface area contributed by atoms with E-state index in [1.54, 1.807) is 6.07 Å². The monoisotopic (exact) mass is 362 g/mol. The number of carbonyl (C=O) groups excluding carboxylic acids is 1. The molecule has 1 N–H and O–H groups in total. The second-order valence-corrected chi connectivity index (χ2v) is 7.07. The molecule has 0 saturated heterocycles. The number of amides is 1. The lowest BCUT2D eigenvalue weighted by Gasteiger charge is -2.09. The summed E-state index contributed by atoms with van der Waals surface area (Å²) < 4.78 is 3.74. The Labute approximate surface area is 157 Å². The molecule has 1 amide bonds. The van der Waals surface area contributed by atoms with Crippen molar-refractivity contribution in [1.82, 2.24) is 24.3 Å². The Morgan fingerprint density at radius 1 is 1.15 bits per heavy atom. The zero-order chi connectivity index (χ0) is 19.3. The van der Waals surface area contributed by atoms with E-state index in [1.165, 1.54) is 0 Å². The number of para-hydroxylation sites is 2. The van der Waals surface area contributed by atoms with Crippen LogP contribution in [-0.4, -0.2) is 30.2 Å². The fourth-order valence-corrected chi connectivity index (χ4v) is 3.40. The van der Waals surface area contributed by atoms with Gasteiger partial charge in [0.1, 0.15) is 0 Å². The molecule has 0 saturated carbocycles. The molecular weight excluding hydrogens is 340 g/mol. The van der Waals surface area contributed by atoms with Crippen LogP contribution in [0.25, 0.3) is 22.1 Å². The minimum absolute atomic E-state index is 0.159. The lowest BCUT2D eigenvalue weighted by Crippen LogP contribution is -2.16. The summed E-state index contributed by atoms with van der Waals surface area (Å²) >= 11 is 0. The van der Waals surface area contributed by atoms with Gasteiger partial charge < -0.3 is 4.57 Å². The van der Waals surface area contributed by atoms with Gasteiger partial charge in [0.05, 0.1) is 27.7 Å². The molecule has 0 aliphatic heterocycles. The Morgan fingerprint density at radius 2 is 1.89 bits per heavy atom. The van der Waals surface area contributed by atoms with Gasteiger partial charge >= 0.3 is 0 Å². The third-order valence-electron chi connectivity index (χ3n) is 4.71. The van der Waals surface area contributed by atoms with E-state index in [0.717, 1.165) is 33.5 Å². The second-order valence-electron chi connectivity index (χ2n) is 7.07. The van der Waals surface area contributed by atoms with Gasteiger partial charge in [-0.25, -0.2) is 14.6 Å². The lowest BCUT2D eigenvalue weighted by atomic mass is 10.1. The van der Waals surface area contributed by atoms with Crippen molar-refractivity contribution >= 4 is 33.9 Å². The van der Waals surface area contributed by atoms with Crippen LogP contribution in [0.3, 0.4) is 0 Å². The van der Waals surface area contributed by atoms with Crippen molar-refractivity contribution in [3.8, 4) is 0 Å². The smallest absolute Gasteiger partial charge is 0.258 e. The predicted octanol–water partition coefficient (Wildman–Crippen LogP) is 3.77. The largest absolute Gasteiger partial charge is 0.313 e. The summed E-state index contributed by atoms with van der Waals surface area (Å²) in [4.78, 5) is 22.3. The van der Waals surface area contributed by atoms with Crippen molar-refractivity contribution in [2.45, 2.75) is 33.7 Å². The first kappa shape index (κ1) is 17.2. The predicted molar refractivity (Wildman–Crippen MR) is 106 cm³/mol. The number of imidazole rings is 1. The SMILES string of the molecule is Cc1cc(C(=O)Nc2nc3ccccc3n2C)c2c(C)nn(C(C)C)c2n1.